The van der Waals surface area contributed by atoms with Gasteiger partial charge in [0.1, 0.15) is 12.4 Å². The van der Waals surface area contributed by atoms with Crippen LogP contribution in [0.15, 0.2) is 48.5 Å². The lowest BCUT2D eigenvalue weighted by molar-refractivity contribution is 0.306. The van der Waals surface area contributed by atoms with Crippen LogP contribution in [0.4, 0.5) is 5.69 Å². The Hall–Kier alpha value is -3.06. The minimum absolute atomic E-state index is 0.474. The molecule has 130 valence electrons. The molecule has 0 spiro atoms. The quantitative estimate of drug-likeness (QED) is 0.695. The van der Waals surface area contributed by atoms with E-state index in [4.69, 9.17) is 15.0 Å². The number of fused-ring (bicyclic) bond motifs is 1. The molecule has 2 heterocycles. The fraction of sp³-hybridized carbons (Fsp3) is 0.273. The largest absolute Gasteiger partial charge is 0.489 e. The summed E-state index contributed by atoms with van der Waals surface area (Å²) in [5.74, 6) is 0.812. The normalized spacial score (nSPS) is 13.8. The van der Waals surface area contributed by atoms with E-state index in [0.29, 0.717) is 12.2 Å². The van der Waals surface area contributed by atoms with Gasteiger partial charge in [0.25, 0.3) is 0 Å². The SMILES string of the molecule is Cc1cc(N2CCCC2)c2ccc(OCc3ccc(C#N)cc3)cc2n1. The first-order chi connectivity index (χ1) is 12.7. The summed E-state index contributed by atoms with van der Waals surface area (Å²) in [6.45, 7) is 4.76. The van der Waals surface area contributed by atoms with Crippen molar-refractivity contribution in [2.24, 2.45) is 0 Å². The number of ether oxygens (including phenoxy) is 1. The first kappa shape index (κ1) is 16.4. The van der Waals surface area contributed by atoms with Crippen molar-refractivity contribution in [2.45, 2.75) is 26.4 Å². The summed E-state index contributed by atoms with van der Waals surface area (Å²) >= 11 is 0. The molecule has 4 heteroatoms. The maximum Gasteiger partial charge on any atom is 0.122 e. The molecular formula is C22H21N3O. The van der Waals surface area contributed by atoms with E-state index in [9.17, 15) is 0 Å². The monoisotopic (exact) mass is 343 g/mol. The van der Waals surface area contributed by atoms with E-state index in [2.05, 4.69) is 23.1 Å². The van der Waals surface area contributed by atoms with Crippen LogP contribution in [0.5, 0.6) is 5.75 Å². The van der Waals surface area contributed by atoms with Crippen LogP contribution in [0.2, 0.25) is 0 Å². The van der Waals surface area contributed by atoms with Crippen molar-refractivity contribution in [3.63, 3.8) is 0 Å². The van der Waals surface area contributed by atoms with Gasteiger partial charge < -0.3 is 9.64 Å². The zero-order valence-electron chi connectivity index (χ0n) is 14.9. The fourth-order valence-corrected chi connectivity index (χ4v) is 3.47. The number of rotatable bonds is 4. The first-order valence-corrected chi connectivity index (χ1v) is 9.01. The number of nitrogens with zero attached hydrogens (tertiary/aromatic N) is 3. The third kappa shape index (κ3) is 3.34. The van der Waals surface area contributed by atoms with Crippen molar-refractivity contribution in [2.75, 3.05) is 18.0 Å². The highest BCUT2D eigenvalue weighted by atomic mass is 16.5. The van der Waals surface area contributed by atoms with E-state index in [-0.39, 0.29) is 0 Å². The molecule has 0 saturated carbocycles. The first-order valence-electron chi connectivity index (χ1n) is 9.01. The smallest absolute Gasteiger partial charge is 0.122 e. The van der Waals surface area contributed by atoms with Crippen LogP contribution in [-0.2, 0) is 6.61 Å². The van der Waals surface area contributed by atoms with Gasteiger partial charge in [0.15, 0.2) is 0 Å². The number of hydrogen-bond donors (Lipinski definition) is 0. The van der Waals surface area contributed by atoms with Gasteiger partial charge in [-0.25, -0.2) is 0 Å². The fourth-order valence-electron chi connectivity index (χ4n) is 3.47. The number of hydrogen-bond acceptors (Lipinski definition) is 4. The Morgan fingerprint density at radius 1 is 1.08 bits per heavy atom. The highest BCUT2D eigenvalue weighted by molar-refractivity contribution is 5.93. The highest BCUT2D eigenvalue weighted by Gasteiger charge is 2.16. The summed E-state index contributed by atoms with van der Waals surface area (Å²) in [4.78, 5) is 7.16. The molecule has 0 aliphatic carbocycles. The number of nitriles is 1. The van der Waals surface area contributed by atoms with Crippen LogP contribution in [0, 0.1) is 18.3 Å². The van der Waals surface area contributed by atoms with Crippen LogP contribution in [0.3, 0.4) is 0 Å². The Labute approximate surface area is 153 Å². The second-order valence-corrected chi connectivity index (χ2v) is 6.75. The van der Waals surface area contributed by atoms with Crippen LogP contribution < -0.4 is 9.64 Å². The van der Waals surface area contributed by atoms with Crippen LogP contribution in [0.1, 0.15) is 29.7 Å². The van der Waals surface area contributed by atoms with E-state index in [0.717, 1.165) is 35.6 Å². The Morgan fingerprint density at radius 2 is 1.85 bits per heavy atom. The molecule has 0 bridgehead atoms. The van der Waals surface area contributed by atoms with Crippen molar-refractivity contribution >= 4 is 16.6 Å². The summed E-state index contributed by atoms with van der Waals surface area (Å²) < 4.78 is 5.94. The van der Waals surface area contributed by atoms with Gasteiger partial charge in [0, 0.05) is 35.9 Å². The lowest BCUT2D eigenvalue weighted by Gasteiger charge is -2.20. The van der Waals surface area contributed by atoms with Crippen molar-refractivity contribution in [1.82, 2.24) is 4.98 Å². The Bertz CT molecular complexity index is 967. The molecule has 1 aromatic heterocycles. The second-order valence-electron chi connectivity index (χ2n) is 6.75. The molecule has 3 aromatic rings. The van der Waals surface area contributed by atoms with Crippen molar-refractivity contribution in [1.29, 1.82) is 5.26 Å². The minimum atomic E-state index is 0.474. The van der Waals surface area contributed by atoms with Gasteiger partial charge in [0.05, 0.1) is 17.1 Å². The zero-order chi connectivity index (χ0) is 17.9. The van der Waals surface area contributed by atoms with Crippen LogP contribution >= 0.6 is 0 Å². The molecule has 0 amide bonds. The molecule has 1 fully saturated rings. The van der Waals surface area contributed by atoms with Crippen molar-refractivity contribution < 1.29 is 4.74 Å². The number of aryl methyl sites for hydroxylation is 1. The van der Waals surface area contributed by atoms with Gasteiger partial charge in [-0.15, -0.1) is 0 Å². The van der Waals surface area contributed by atoms with Crippen molar-refractivity contribution in [3.8, 4) is 11.8 Å². The molecule has 0 atom stereocenters. The Morgan fingerprint density at radius 3 is 2.58 bits per heavy atom. The predicted octanol–water partition coefficient (Wildman–Crippen LogP) is 4.59. The summed E-state index contributed by atoms with van der Waals surface area (Å²) in [6, 6.07) is 17.9. The van der Waals surface area contributed by atoms with E-state index >= 15 is 0 Å². The summed E-state index contributed by atoms with van der Waals surface area (Å²) in [7, 11) is 0. The number of anilines is 1. The Kier molecular flexibility index (Phi) is 4.45. The summed E-state index contributed by atoms with van der Waals surface area (Å²) in [6.07, 6.45) is 2.52. The highest BCUT2D eigenvalue weighted by Crippen LogP contribution is 2.31. The molecule has 4 rings (SSSR count). The van der Waals surface area contributed by atoms with Gasteiger partial charge in [-0.2, -0.15) is 5.26 Å². The number of benzene rings is 2. The molecular weight excluding hydrogens is 322 g/mol. The number of aromatic nitrogens is 1. The van der Waals surface area contributed by atoms with Gasteiger partial charge in [0.2, 0.25) is 0 Å². The molecule has 1 aliphatic heterocycles. The molecule has 1 aliphatic rings. The van der Waals surface area contributed by atoms with Gasteiger partial charge in [-0.05, 0) is 55.7 Å². The van der Waals surface area contributed by atoms with E-state index in [1.54, 1.807) is 0 Å². The Balaban J connectivity index is 1.57. The molecule has 0 radical (unpaired) electrons. The predicted molar refractivity (Wildman–Crippen MR) is 103 cm³/mol. The summed E-state index contributed by atoms with van der Waals surface area (Å²) in [5.41, 5.74) is 4.99. The molecule has 0 N–H and O–H groups in total. The maximum atomic E-state index is 8.87. The standard InChI is InChI=1S/C22H21N3O/c1-16-12-22(25-10-2-3-11-25)20-9-8-19(13-21(20)24-16)26-15-18-6-4-17(14-23)5-7-18/h4-9,12-13H,2-3,10-11,15H2,1H3. The van der Waals surface area contributed by atoms with Crippen molar-refractivity contribution in [3.05, 3.63) is 65.4 Å². The average Bonchev–Trinajstić information content (AvgIpc) is 3.20. The molecule has 26 heavy (non-hydrogen) atoms. The van der Waals surface area contributed by atoms with Gasteiger partial charge >= 0.3 is 0 Å². The van der Waals surface area contributed by atoms with E-state index < -0.39 is 0 Å². The molecule has 0 unspecified atom stereocenters. The van der Waals surface area contributed by atoms with Crippen LogP contribution in [0.25, 0.3) is 10.9 Å². The zero-order valence-corrected chi connectivity index (χ0v) is 14.9. The third-order valence-corrected chi connectivity index (χ3v) is 4.82. The summed E-state index contributed by atoms with van der Waals surface area (Å²) in [5, 5.41) is 10.1. The molecule has 4 nitrogen and oxygen atoms in total. The second kappa shape index (κ2) is 7.05. The lowest BCUT2D eigenvalue weighted by atomic mass is 10.1. The minimum Gasteiger partial charge on any atom is -0.489 e. The van der Waals surface area contributed by atoms with Crippen LogP contribution in [-0.4, -0.2) is 18.1 Å². The van der Waals surface area contributed by atoms with Gasteiger partial charge in [-0.1, -0.05) is 12.1 Å². The van der Waals surface area contributed by atoms with E-state index in [1.807, 2.05) is 43.3 Å². The van der Waals surface area contributed by atoms with Gasteiger partial charge in [-0.3, -0.25) is 4.98 Å². The topological polar surface area (TPSA) is 49.1 Å². The maximum absolute atomic E-state index is 8.87. The third-order valence-electron chi connectivity index (χ3n) is 4.82. The molecule has 1 saturated heterocycles. The van der Waals surface area contributed by atoms with E-state index in [1.165, 1.54) is 23.9 Å². The lowest BCUT2D eigenvalue weighted by Crippen LogP contribution is -2.18. The molecule has 2 aromatic carbocycles. The number of pyridine rings is 1. The average molecular weight is 343 g/mol.